The predicted molar refractivity (Wildman–Crippen MR) is 75.4 cm³/mol. The van der Waals surface area contributed by atoms with Crippen LogP contribution in [0.4, 0.5) is 13.2 Å². The molecule has 1 heterocycles. The highest BCUT2D eigenvalue weighted by molar-refractivity contribution is 5.88. The number of morpholine rings is 1. The molecule has 23 heavy (non-hydrogen) atoms. The summed E-state index contributed by atoms with van der Waals surface area (Å²) in [5.41, 5.74) is -0.277. The fourth-order valence-electron chi connectivity index (χ4n) is 2.38. The van der Waals surface area contributed by atoms with Crippen molar-refractivity contribution < 1.29 is 27.5 Å². The van der Waals surface area contributed by atoms with Gasteiger partial charge in [0.15, 0.2) is 0 Å². The van der Waals surface area contributed by atoms with E-state index in [0.717, 1.165) is 6.07 Å². The summed E-state index contributed by atoms with van der Waals surface area (Å²) in [6.07, 6.45) is -4.44. The smallest absolute Gasteiger partial charge is 0.369 e. The van der Waals surface area contributed by atoms with Gasteiger partial charge in [0.1, 0.15) is 12.6 Å². The van der Waals surface area contributed by atoms with Crippen LogP contribution in [0.2, 0.25) is 0 Å². The summed E-state index contributed by atoms with van der Waals surface area (Å²) < 4.78 is 43.6. The van der Waals surface area contributed by atoms with Crippen molar-refractivity contribution in [3.63, 3.8) is 0 Å². The summed E-state index contributed by atoms with van der Waals surface area (Å²) in [4.78, 5) is 24.9. The molecule has 1 N–H and O–H groups in total. The van der Waals surface area contributed by atoms with Gasteiger partial charge in [-0.1, -0.05) is 12.1 Å². The first-order valence-electron chi connectivity index (χ1n) is 6.98. The number of likely N-dealkylation sites (N-methyl/N-ethyl adjacent to an activating group) is 1. The van der Waals surface area contributed by atoms with Crippen LogP contribution < -0.4 is 5.32 Å². The Kier molecular flexibility index (Phi) is 4.93. The third-order valence-corrected chi connectivity index (χ3v) is 3.87. The molecule has 1 aliphatic heterocycles. The molecule has 0 spiro atoms. The Hall–Kier alpha value is -2.09. The van der Waals surface area contributed by atoms with E-state index < -0.39 is 23.7 Å². The zero-order chi connectivity index (χ0) is 17.2. The zero-order valence-electron chi connectivity index (χ0n) is 12.7. The van der Waals surface area contributed by atoms with Gasteiger partial charge in [0, 0.05) is 13.6 Å². The normalized spacial score (nSPS) is 18.9. The highest BCUT2D eigenvalue weighted by Crippen LogP contribution is 2.32. The second kappa shape index (κ2) is 6.57. The first-order valence-corrected chi connectivity index (χ1v) is 6.98. The quantitative estimate of drug-likeness (QED) is 0.913. The largest absolute Gasteiger partial charge is 0.416 e. The van der Waals surface area contributed by atoms with Crippen molar-refractivity contribution in [2.45, 2.75) is 25.7 Å². The van der Waals surface area contributed by atoms with E-state index in [-0.39, 0.29) is 31.2 Å². The topological polar surface area (TPSA) is 58.6 Å². The minimum atomic E-state index is -4.44. The standard InChI is InChI=1S/C15H17F3N2O3/c1-9-10(4-3-5-11(9)15(16,17)18)6-19-14(22)12-7-23-8-13(21)20(12)2/h3-5,12H,6-8H2,1-2H3,(H,19,22). The van der Waals surface area contributed by atoms with E-state index >= 15 is 0 Å². The van der Waals surface area contributed by atoms with E-state index in [1.165, 1.54) is 31.0 Å². The number of halogens is 3. The molecule has 1 aromatic carbocycles. The van der Waals surface area contributed by atoms with E-state index in [2.05, 4.69) is 5.32 Å². The third kappa shape index (κ3) is 3.82. The number of benzene rings is 1. The lowest BCUT2D eigenvalue weighted by Crippen LogP contribution is -2.54. The fourth-order valence-corrected chi connectivity index (χ4v) is 2.38. The molecule has 1 fully saturated rings. The Morgan fingerprint density at radius 3 is 2.78 bits per heavy atom. The van der Waals surface area contributed by atoms with Gasteiger partial charge in [-0.3, -0.25) is 9.59 Å². The molecule has 5 nitrogen and oxygen atoms in total. The number of nitrogens with one attached hydrogen (secondary N) is 1. The molecule has 1 atom stereocenters. The van der Waals surface area contributed by atoms with Crippen molar-refractivity contribution in [1.82, 2.24) is 10.2 Å². The van der Waals surface area contributed by atoms with Gasteiger partial charge < -0.3 is 15.0 Å². The number of nitrogens with zero attached hydrogens (tertiary/aromatic N) is 1. The molecule has 8 heteroatoms. The summed E-state index contributed by atoms with van der Waals surface area (Å²) in [5.74, 6) is -0.774. The average molecular weight is 330 g/mol. The molecule has 0 bridgehead atoms. The second-order valence-electron chi connectivity index (χ2n) is 5.34. The van der Waals surface area contributed by atoms with Crippen LogP contribution in [0.5, 0.6) is 0 Å². The maximum absolute atomic E-state index is 12.9. The first kappa shape index (κ1) is 17.3. The molecule has 0 radical (unpaired) electrons. The van der Waals surface area contributed by atoms with Crippen molar-refractivity contribution in [3.05, 3.63) is 34.9 Å². The average Bonchev–Trinajstić information content (AvgIpc) is 2.47. The summed E-state index contributed by atoms with van der Waals surface area (Å²) >= 11 is 0. The molecule has 0 aliphatic carbocycles. The van der Waals surface area contributed by atoms with Gasteiger partial charge in [0.05, 0.1) is 12.2 Å². The highest BCUT2D eigenvalue weighted by Gasteiger charge is 2.33. The lowest BCUT2D eigenvalue weighted by molar-refractivity contribution is -0.152. The van der Waals surface area contributed by atoms with E-state index in [4.69, 9.17) is 4.74 Å². The number of carbonyl (C=O) groups is 2. The number of carbonyl (C=O) groups excluding carboxylic acids is 2. The summed E-state index contributed by atoms with van der Waals surface area (Å²) in [6, 6.07) is 3.05. The summed E-state index contributed by atoms with van der Waals surface area (Å²) in [7, 11) is 1.49. The Morgan fingerprint density at radius 1 is 1.43 bits per heavy atom. The van der Waals surface area contributed by atoms with Crippen LogP contribution >= 0.6 is 0 Å². The maximum Gasteiger partial charge on any atom is 0.416 e. The van der Waals surface area contributed by atoms with Gasteiger partial charge in [-0.15, -0.1) is 0 Å². The molecule has 0 aromatic heterocycles. The molecule has 0 saturated carbocycles. The zero-order valence-corrected chi connectivity index (χ0v) is 12.7. The minimum absolute atomic E-state index is 0.0485. The van der Waals surface area contributed by atoms with E-state index in [0.29, 0.717) is 5.56 Å². The third-order valence-electron chi connectivity index (χ3n) is 3.87. The van der Waals surface area contributed by atoms with Gasteiger partial charge in [-0.05, 0) is 24.1 Å². The van der Waals surface area contributed by atoms with Crippen molar-refractivity contribution in [1.29, 1.82) is 0 Å². The SMILES string of the molecule is Cc1c(CNC(=O)C2COCC(=O)N2C)cccc1C(F)(F)F. The predicted octanol–water partition coefficient (Wildman–Crippen LogP) is 1.49. The Bertz CT molecular complexity index is 616. The van der Waals surface area contributed by atoms with Crippen molar-refractivity contribution in [2.24, 2.45) is 0 Å². The second-order valence-corrected chi connectivity index (χ2v) is 5.34. The van der Waals surface area contributed by atoms with Crippen molar-refractivity contribution in [3.8, 4) is 0 Å². The van der Waals surface area contributed by atoms with E-state index in [1.54, 1.807) is 0 Å². The molecule has 1 aromatic rings. The number of hydrogen-bond acceptors (Lipinski definition) is 3. The van der Waals surface area contributed by atoms with Crippen molar-refractivity contribution >= 4 is 11.8 Å². The number of alkyl halides is 3. The lowest BCUT2D eigenvalue weighted by atomic mass is 10.0. The monoisotopic (exact) mass is 330 g/mol. The molecular weight excluding hydrogens is 313 g/mol. The first-order chi connectivity index (χ1) is 10.7. The molecule has 1 saturated heterocycles. The number of rotatable bonds is 3. The van der Waals surface area contributed by atoms with E-state index in [1.807, 2.05) is 0 Å². The van der Waals surface area contributed by atoms with Crippen LogP contribution in [-0.2, 0) is 27.0 Å². The Morgan fingerprint density at radius 2 is 2.13 bits per heavy atom. The molecule has 1 unspecified atom stereocenters. The number of ether oxygens (including phenoxy) is 1. The van der Waals surface area contributed by atoms with Crippen LogP contribution in [-0.4, -0.2) is 43.0 Å². The van der Waals surface area contributed by atoms with Crippen LogP contribution in [0.25, 0.3) is 0 Å². The van der Waals surface area contributed by atoms with Gasteiger partial charge in [0.25, 0.3) is 0 Å². The molecule has 126 valence electrons. The summed E-state index contributed by atoms with van der Waals surface area (Å²) in [5, 5.41) is 2.56. The Labute approximate surface area is 131 Å². The Balaban J connectivity index is 2.06. The molecular formula is C15H17F3N2O3. The van der Waals surface area contributed by atoms with Crippen LogP contribution in [0.15, 0.2) is 18.2 Å². The maximum atomic E-state index is 12.9. The molecule has 2 amide bonds. The van der Waals surface area contributed by atoms with Crippen molar-refractivity contribution in [2.75, 3.05) is 20.3 Å². The molecule has 1 aliphatic rings. The van der Waals surface area contributed by atoms with Crippen LogP contribution in [0.1, 0.15) is 16.7 Å². The van der Waals surface area contributed by atoms with Gasteiger partial charge >= 0.3 is 6.18 Å². The van der Waals surface area contributed by atoms with Gasteiger partial charge in [-0.2, -0.15) is 13.2 Å². The lowest BCUT2D eigenvalue weighted by Gasteiger charge is -2.31. The minimum Gasteiger partial charge on any atom is -0.369 e. The molecule has 2 rings (SSSR count). The number of amides is 2. The van der Waals surface area contributed by atoms with Crippen LogP contribution in [0, 0.1) is 6.92 Å². The van der Waals surface area contributed by atoms with E-state index in [9.17, 15) is 22.8 Å². The van der Waals surface area contributed by atoms with Gasteiger partial charge in [-0.25, -0.2) is 0 Å². The van der Waals surface area contributed by atoms with Gasteiger partial charge in [0.2, 0.25) is 11.8 Å². The highest BCUT2D eigenvalue weighted by atomic mass is 19.4. The number of hydrogen-bond donors (Lipinski definition) is 1. The van der Waals surface area contributed by atoms with Crippen LogP contribution in [0.3, 0.4) is 0 Å². The fraction of sp³-hybridized carbons (Fsp3) is 0.467. The summed E-state index contributed by atoms with van der Waals surface area (Å²) in [6.45, 7) is 1.31.